The van der Waals surface area contributed by atoms with Crippen LogP contribution in [0.15, 0.2) is 12.1 Å². The first-order chi connectivity index (χ1) is 15.9. The van der Waals surface area contributed by atoms with Gasteiger partial charge < -0.3 is 24.8 Å². The monoisotopic (exact) mass is 456 g/mol. The van der Waals surface area contributed by atoms with Gasteiger partial charge in [0.2, 0.25) is 0 Å². The normalized spacial score (nSPS) is 31.8. The van der Waals surface area contributed by atoms with Crippen molar-refractivity contribution < 1.29 is 24.2 Å². The first kappa shape index (κ1) is 22.4. The lowest BCUT2D eigenvalue weighted by atomic mass is 9.53. The molecule has 4 saturated carbocycles. The van der Waals surface area contributed by atoms with Crippen molar-refractivity contribution in [3.05, 3.63) is 23.3 Å². The van der Waals surface area contributed by atoms with Gasteiger partial charge >= 0.3 is 12.0 Å². The summed E-state index contributed by atoms with van der Waals surface area (Å²) in [5, 5.41) is 13.1. The Hall–Kier alpha value is -2.44. The number of fused-ring (bicyclic) bond motifs is 1. The third-order valence-corrected chi connectivity index (χ3v) is 8.20. The van der Waals surface area contributed by atoms with E-state index in [1.54, 1.807) is 4.90 Å². The Bertz CT molecular complexity index is 894. The summed E-state index contributed by atoms with van der Waals surface area (Å²) in [6.45, 7) is 5.35. The molecule has 6 rings (SSSR count). The number of nitrogens with one attached hydrogen (secondary N) is 1. The average Bonchev–Trinajstić information content (AvgIpc) is 2.73. The van der Waals surface area contributed by atoms with E-state index in [0.29, 0.717) is 37.7 Å². The highest BCUT2D eigenvalue weighted by Crippen LogP contribution is 2.55. The smallest absolute Gasteiger partial charge is 0.318 e. The number of aliphatic carboxylic acids is 1. The average molecular weight is 457 g/mol. The first-order valence-corrected chi connectivity index (χ1v) is 12.6. The summed E-state index contributed by atoms with van der Waals surface area (Å²) >= 11 is 0. The van der Waals surface area contributed by atoms with E-state index in [4.69, 9.17) is 9.47 Å². The zero-order valence-corrected chi connectivity index (χ0v) is 19.8. The second kappa shape index (κ2) is 8.73. The molecule has 4 aliphatic carbocycles. The number of carboxylic acids is 1. The number of hydrogen-bond acceptors (Lipinski definition) is 4. The largest absolute Gasteiger partial charge is 0.490 e. The molecule has 4 fully saturated rings. The van der Waals surface area contributed by atoms with E-state index in [-0.39, 0.29) is 18.0 Å². The van der Waals surface area contributed by atoms with Crippen molar-refractivity contribution in [1.82, 2.24) is 10.2 Å². The van der Waals surface area contributed by atoms with Crippen molar-refractivity contribution >= 4 is 12.0 Å². The standard InChI is InChI=1S/C26H36N2O5/c1-3-32-22-10-19-5-6-28(21(12-24(29)30)20(19)11-23(22)33-4-2)25(31)27-26-13-16-7-17(14-26)9-18(8-16)15-26/h10-11,16-18,21H,3-9,12-15H2,1-2H3,(H,27,31)(H,29,30). The molecule has 33 heavy (non-hydrogen) atoms. The SMILES string of the molecule is CCOc1cc2c(cc1OCC)C(CC(=O)O)N(C(=O)NC13CC4CC(CC(C4)C1)C3)CC2. The molecule has 1 aliphatic heterocycles. The summed E-state index contributed by atoms with van der Waals surface area (Å²) in [5.74, 6) is 2.58. The Labute approximate surface area is 195 Å². The van der Waals surface area contributed by atoms with Gasteiger partial charge in [-0.05, 0) is 99.8 Å². The quantitative estimate of drug-likeness (QED) is 0.629. The van der Waals surface area contributed by atoms with Gasteiger partial charge in [-0.3, -0.25) is 4.79 Å². The number of rotatable bonds is 7. The highest BCUT2D eigenvalue weighted by atomic mass is 16.5. The fourth-order valence-electron chi connectivity index (χ4n) is 7.44. The van der Waals surface area contributed by atoms with Crippen molar-refractivity contribution in [2.45, 2.75) is 76.8 Å². The second-order valence-corrected chi connectivity index (χ2v) is 10.5. The van der Waals surface area contributed by atoms with E-state index in [2.05, 4.69) is 5.32 Å². The Morgan fingerprint density at radius 1 is 1.03 bits per heavy atom. The molecule has 2 amide bonds. The molecule has 0 spiro atoms. The maximum Gasteiger partial charge on any atom is 0.318 e. The number of nitrogens with zero attached hydrogens (tertiary/aromatic N) is 1. The number of carbonyl (C=O) groups excluding carboxylic acids is 1. The lowest BCUT2D eigenvalue weighted by molar-refractivity contribution is -0.138. The molecule has 1 heterocycles. The van der Waals surface area contributed by atoms with E-state index in [9.17, 15) is 14.7 Å². The molecule has 5 aliphatic rings. The lowest BCUT2D eigenvalue weighted by Crippen LogP contribution is -2.62. The van der Waals surface area contributed by atoms with Crippen molar-refractivity contribution in [3.63, 3.8) is 0 Å². The summed E-state index contributed by atoms with van der Waals surface area (Å²) < 4.78 is 11.6. The fourth-order valence-corrected chi connectivity index (χ4v) is 7.44. The van der Waals surface area contributed by atoms with Gasteiger partial charge in [-0.2, -0.15) is 0 Å². The zero-order valence-electron chi connectivity index (χ0n) is 19.8. The van der Waals surface area contributed by atoms with Crippen LogP contribution in [0.3, 0.4) is 0 Å². The summed E-state index contributed by atoms with van der Waals surface area (Å²) in [4.78, 5) is 27.2. The highest BCUT2D eigenvalue weighted by molar-refractivity contribution is 5.78. The molecule has 0 radical (unpaired) electrons. The van der Waals surface area contributed by atoms with Crippen LogP contribution in [0.2, 0.25) is 0 Å². The Kier molecular flexibility index (Phi) is 5.91. The van der Waals surface area contributed by atoms with E-state index in [1.165, 1.54) is 19.3 Å². The van der Waals surface area contributed by atoms with Gasteiger partial charge in [0.25, 0.3) is 0 Å². The van der Waals surface area contributed by atoms with E-state index in [0.717, 1.165) is 48.1 Å². The van der Waals surface area contributed by atoms with Gasteiger partial charge in [0.15, 0.2) is 11.5 Å². The number of carboxylic acid groups (broad SMARTS) is 1. The lowest BCUT2D eigenvalue weighted by Gasteiger charge is -2.57. The number of ether oxygens (including phenoxy) is 2. The van der Waals surface area contributed by atoms with Gasteiger partial charge in [-0.15, -0.1) is 0 Å². The Balaban J connectivity index is 1.42. The van der Waals surface area contributed by atoms with E-state index < -0.39 is 12.0 Å². The number of benzene rings is 1. The molecule has 4 bridgehead atoms. The van der Waals surface area contributed by atoms with Gasteiger partial charge in [-0.25, -0.2) is 4.79 Å². The van der Waals surface area contributed by atoms with Crippen LogP contribution in [0.5, 0.6) is 11.5 Å². The number of amides is 2. The van der Waals surface area contributed by atoms with Crippen molar-refractivity contribution in [3.8, 4) is 11.5 Å². The first-order valence-electron chi connectivity index (χ1n) is 12.6. The molecule has 0 saturated heterocycles. The summed E-state index contributed by atoms with van der Waals surface area (Å²) in [7, 11) is 0. The molecule has 7 heteroatoms. The molecule has 1 atom stereocenters. The highest BCUT2D eigenvalue weighted by Gasteiger charge is 2.52. The fraction of sp³-hybridized carbons (Fsp3) is 0.692. The van der Waals surface area contributed by atoms with Crippen molar-refractivity contribution in [2.24, 2.45) is 17.8 Å². The molecule has 2 N–H and O–H groups in total. The third-order valence-electron chi connectivity index (χ3n) is 8.20. The van der Waals surface area contributed by atoms with Crippen LogP contribution in [0.1, 0.15) is 76.0 Å². The van der Waals surface area contributed by atoms with Gasteiger partial charge in [-0.1, -0.05) is 0 Å². The van der Waals surface area contributed by atoms with E-state index >= 15 is 0 Å². The van der Waals surface area contributed by atoms with Crippen LogP contribution in [0.25, 0.3) is 0 Å². The molecule has 1 unspecified atom stereocenters. The van der Waals surface area contributed by atoms with Gasteiger partial charge in [0.1, 0.15) is 0 Å². The topological polar surface area (TPSA) is 88.1 Å². The summed E-state index contributed by atoms with van der Waals surface area (Å²) in [5.41, 5.74) is 1.79. The molecule has 7 nitrogen and oxygen atoms in total. The van der Waals surface area contributed by atoms with Crippen LogP contribution in [-0.4, -0.2) is 47.3 Å². The second-order valence-electron chi connectivity index (χ2n) is 10.5. The molecule has 0 aromatic heterocycles. The van der Waals surface area contributed by atoms with Crippen LogP contribution in [0.4, 0.5) is 4.79 Å². The van der Waals surface area contributed by atoms with Gasteiger partial charge in [0.05, 0.1) is 25.7 Å². The van der Waals surface area contributed by atoms with Crippen molar-refractivity contribution in [1.29, 1.82) is 0 Å². The molecular weight excluding hydrogens is 420 g/mol. The molecule has 180 valence electrons. The maximum absolute atomic E-state index is 13.6. The van der Waals surface area contributed by atoms with Crippen LogP contribution < -0.4 is 14.8 Å². The number of hydrogen-bond donors (Lipinski definition) is 2. The van der Waals surface area contributed by atoms with Crippen LogP contribution in [0, 0.1) is 17.8 Å². The van der Waals surface area contributed by atoms with Crippen LogP contribution in [-0.2, 0) is 11.2 Å². The maximum atomic E-state index is 13.6. The minimum atomic E-state index is -0.910. The Morgan fingerprint density at radius 2 is 1.61 bits per heavy atom. The minimum absolute atomic E-state index is 0.102. The zero-order chi connectivity index (χ0) is 23.2. The van der Waals surface area contributed by atoms with Crippen LogP contribution >= 0.6 is 0 Å². The molecule has 1 aromatic carbocycles. The third kappa shape index (κ3) is 4.26. The predicted molar refractivity (Wildman–Crippen MR) is 124 cm³/mol. The van der Waals surface area contributed by atoms with Crippen molar-refractivity contribution in [2.75, 3.05) is 19.8 Å². The summed E-state index contributed by atoms with van der Waals surface area (Å²) in [6, 6.07) is 3.23. The Morgan fingerprint density at radius 3 is 2.15 bits per heavy atom. The minimum Gasteiger partial charge on any atom is -0.490 e. The number of urea groups is 1. The predicted octanol–water partition coefficient (Wildman–Crippen LogP) is 4.54. The number of carbonyl (C=O) groups is 2. The van der Waals surface area contributed by atoms with Gasteiger partial charge in [0, 0.05) is 12.1 Å². The summed E-state index contributed by atoms with van der Waals surface area (Å²) in [6.07, 6.45) is 7.72. The van der Waals surface area contributed by atoms with E-state index in [1.807, 2.05) is 26.0 Å². The molecular formula is C26H36N2O5. The molecule has 1 aromatic rings.